The van der Waals surface area contributed by atoms with Crippen LogP contribution in [0.5, 0.6) is 17.2 Å². The van der Waals surface area contributed by atoms with E-state index < -0.39 is 6.10 Å². The van der Waals surface area contributed by atoms with E-state index in [1.807, 2.05) is 0 Å². The summed E-state index contributed by atoms with van der Waals surface area (Å²) in [6.07, 6.45) is 2.08. The Morgan fingerprint density at radius 1 is 1.31 bits per heavy atom. The molecule has 0 aliphatic carbocycles. The number of likely N-dealkylation sites (tertiary alicyclic amines) is 1. The molecular formula is C21H32N2O6. The maximum absolute atomic E-state index is 12.9. The Kier molecular flexibility index (Phi) is 7.97. The fourth-order valence-electron chi connectivity index (χ4n) is 3.77. The van der Waals surface area contributed by atoms with Crippen molar-refractivity contribution in [1.82, 2.24) is 10.2 Å². The fraction of sp³-hybridized carbons (Fsp3) is 0.667. The van der Waals surface area contributed by atoms with Gasteiger partial charge in [0.1, 0.15) is 5.75 Å². The Balaban J connectivity index is 1.58. The van der Waals surface area contributed by atoms with Crippen LogP contribution in [0.25, 0.3) is 0 Å². The highest BCUT2D eigenvalue weighted by Crippen LogP contribution is 2.37. The molecule has 162 valence electrons. The molecule has 2 N–H and O–H groups in total. The molecule has 29 heavy (non-hydrogen) atoms. The summed E-state index contributed by atoms with van der Waals surface area (Å²) in [7, 11) is 3.25. The van der Waals surface area contributed by atoms with Gasteiger partial charge in [-0.15, -0.1) is 0 Å². The minimum Gasteiger partial charge on any atom is -0.497 e. The summed E-state index contributed by atoms with van der Waals surface area (Å²) in [5.74, 6) is 1.30. The van der Waals surface area contributed by atoms with E-state index in [2.05, 4.69) is 10.2 Å². The van der Waals surface area contributed by atoms with E-state index in [9.17, 15) is 9.90 Å². The van der Waals surface area contributed by atoms with Gasteiger partial charge in [-0.25, -0.2) is 0 Å². The number of carbonyl (C=O) groups is 1. The first kappa shape index (κ1) is 21.7. The summed E-state index contributed by atoms with van der Waals surface area (Å²) in [6, 6.07) is 3.40. The maximum atomic E-state index is 12.9. The number of β-amino-alcohol motifs (C(OH)–C–C–N with tert-alkyl or cyclic N) is 1. The molecule has 1 aromatic carbocycles. The number of hydrogen-bond acceptors (Lipinski definition) is 7. The lowest BCUT2D eigenvalue weighted by Gasteiger charge is -2.36. The summed E-state index contributed by atoms with van der Waals surface area (Å²) in [5, 5.41) is 13.5. The van der Waals surface area contributed by atoms with Crippen molar-refractivity contribution >= 4 is 5.91 Å². The van der Waals surface area contributed by atoms with Gasteiger partial charge >= 0.3 is 0 Å². The van der Waals surface area contributed by atoms with Crippen LogP contribution < -0.4 is 19.5 Å². The molecule has 0 aromatic heterocycles. The predicted octanol–water partition coefficient (Wildman–Crippen LogP) is 1.31. The van der Waals surface area contributed by atoms with Crippen LogP contribution in [0, 0.1) is 5.92 Å². The molecule has 2 aliphatic heterocycles. The van der Waals surface area contributed by atoms with Crippen LogP contribution in [0.15, 0.2) is 12.1 Å². The van der Waals surface area contributed by atoms with Crippen LogP contribution in [0.2, 0.25) is 0 Å². The number of piperidine rings is 1. The van der Waals surface area contributed by atoms with Crippen LogP contribution in [0.1, 0.15) is 29.6 Å². The number of nitrogens with one attached hydrogen (secondary N) is 1. The van der Waals surface area contributed by atoms with Crippen molar-refractivity contribution in [2.24, 2.45) is 5.92 Å². The second-order valence-electron chi connectivity index (χ2n) is 7.53. The normalized spacial score (nSPS) is 22.0. The maximum Gasteiger partial charge on any atom is 0.255 e. The highest BCUT2D eigenvalue weighted by molar-refractivity contribution is 5.98. The SMILES string of the molecule is COCCCN1CC[C@@H](CNC(=O)c2cc(OC)cc3c2OCCCO3)C(O)C1. The van der Waals surface area contributed by atoms with Gasteiger partial charge in [-0.05, 0) is 25.5 Å². The molecule has 0 radical (unpaired) electrons. The molecule has 8 nitrogen and oxygen atoms in total. The lowest BCUT2D eigenvalue weighted by atomic mass is 9.93. The third-order valence-electron chi connectivity index (χ3n) is 5.45. The molecule has 0 bridgehead atoms. The van der Waals surface area contributed by atoms with E-state index in [0.29, 0.717) is 49.1 Å². The van der Waals surface area contributed by atoms with Crippen LogP contribution >= 0.6 is 0 Å². The van der Waals surface area contributed by atoms with Crippen molar-refractivity contribution in [2.75, 3.05) is 60.2 Å². The van der Waals surface area contributed by atoms with Gasteiger partial charge in [-0.1, -0.05) is 0 Å². The lowest BCUT2D eigenvalue weighted by Crippen LogP contribution is -2.48. The number of nitrogens with zero attached hydrogens (tertiary/aromatic N) is 1. The van der Waals surface area contributed by atoms with Crippen LogP contribution in [-0.2, 0) is 4.74 Å². The first-order valence-electron chi connectivity index (χ1n) is 10.3. The van der Waals surface area contributed by atoms with Crippen molar-refractivity contribution in [3.05, 3.63) is 17.7 Å². The molecule has 0 spiro atoms. The van der Waals surface area contributed by atoms with Crippen molar-refractivity contribution in [3.63, 3.8) is 0 Å². The average molecular weight is 408 g/mol. The zero-order chi connectivity index (χ0) is 20.6. The van der Waals surface area contributed by atoms with Crippen LogP contribution in [0.3, 0.4) is 0 Å². The fourth-order valence-corrected chi connectivity index (χ4v) is 3.77. The second-order valence-corrected chi connectivity index (χ2v) is 7.53. The zero-order valence-electron chi connectivity index (χ0n) is 17.3. The van der Waals surface area contributed by atoms with E-state index in [4.69, 9.17) is 18.9 Å². The zero-order valence-corrected chi connectivity index (χ0v) is 17.3. The second kappa shape index (κ2) is 10.7. The number of aliphatic hydroxyl groups is 1. The van der Waals surface area contributed by atoms with Gasteiger partial charge in [0.05, 0.1) is 32.0 Å². The van der Waals surface area contributed by atoms with Crippen molar-refractivity contribution in [3.8, 4) is 17.2 Å². The molecule has 8 heteroatoms. The summed E-state index contributed by atoms with van der Waals surface area (Å²) < 4.78 is 21.9. The molecule has 2 aliphatic rings. The Hall–Kier alpha value is -2.03. The van der Waals surface area contributed by atoms with E-state index in [1.165, 1.54) is 0 Å². The third kappa shape index (κ3) is 5.74. The lowest BCUT2D eigenvalue weighted by molar-refractivity contribution is 0.0192. The number of methoxy groups -OCH3 is 2. The Labute approximate surface area is 172 Å². The van der Waals surface area contributed by atoms with Gasteiger partial charge < -0.3 is 34.3 Å². The number of rotatable bonds is 8. The van der Waals surface area contributed by atoms with Gasteiger partial charge in [0, 0.05) is 51.8 Å². The van der Waals surface area contributed by atoms with Crippen LogP contribution in [0.4, 0.5) is 0 Å². The molecule has 1 saturated heterocycles. The number of benzene rings is 1. The number of ether oxygens (including phenoxy) is 4. The number of aliphatic hydroxyl groups excluding tert-OH is 1. The molecule has 3 rings (SSSR count). The Morgan fingerprint density at radius 2 is 2.14 bits per heavy atom. The van der Waals surface area contributed by atoms with Crippen molar-refractivity contribution < 1.29 is 28.8 Å². The summed E-state index contributed by atoms with van der Waals surface area (Å²) in [5.41, 5.74) is 0.396. The minimum atomic E-state index is -0.464. The predicted molar refractivity (Wildman–Crippen MR) is 108 cm³/mol. The number of amides is 1. The smallest absolute Gasteiger partial charge is 0.255 e. The molecule has 2 atom stereocenters. The average Bonchev–Trinajstić information content (AvgIpc) is 2.97. The third-order valence-corrected chi connectivity index (χ3v) is 5.45. The summed E-state index contributed by atoms with van der Waals surface area (Å²) >= 11 is 0. The molecule has 2 heterocycles. The van der Waals surface area contributed by atoms with E-state index in [0.717, 1.165) is 39.0 Å². The standard InChI is InChI=1S/C21H32N2O6/c1-26-8-3-6-23-7-5-15(18(24)14-23)13-22-21(25)17-11-16(27-2)12-19-20(17)29-10-4-9-28-19/h11-12,15,18,24H,3-10,13-14H2,1-2H3,(H,22,25)/t15-,18?/m0/s1. The molecule has 1 unspecified atom stereocenters. The molecular weight excluding hydrogens is 376 g/mol. The monoisotopic (exact) mass is 408 g/mol. The Morgan fingerprint density at radius 3 is 2.90 bits per heavy atom. The van der Waals surface area contributed by atoms with Crippen molar-refractivity contribution in [1.29, 1.82) is 0 Å². The molecule has 0 saturated carbocycles. The summed E-state index contributed by atoms with van der Waals surface area (Å²) in [6.45, 7) is 4.62. The molecule has 1 aromatic rings. The minimum absolute atomic E-state index is 0.0269. The van der Waals surface area contributed by atoms with E-state index in [-0.39, 0.29) is 11.8 Å². The molecule has 1 amide bonds. The highest BCUT2D eigenvalue weighted by Gasteiger charge is 2.29. The van der Waals surface area contributed by atoms with Gasteiger partial charge in [-0.2, -0.15) is 0 Å². The largest absolute Gasteiger partial charge is 0.497 e. The van der Waals surface area contributed by atoms with Crippen molar-refractivity contribution in [2.45, 2.75) is 25.4 Å². The highest BCUT2D eigenvalue weighted by atomic mass is 16.5. The first-order valence-corrected chi connectivity index (χ1v) is 10.3. The van der Waals surface area contributed by atoms with Gasteiger partial charge in [0.15, 0.2) is 11.5 Å². The topological polar surface area (TPSA) is 89.5 Å². The number of hydrogen-bond donors (Lipinski definition) is 2. The Bertz CT molecular complexity index is 683. The number of carbonyl (C=O) groups excluding carboxylic acids is 1. The molecule has 1 fully saturated rings. The quantitative estimate of drug-likeness (QED) is 0.627. The number of fused-ring (bicyclic) bond motifs is 1. The first-order chi connectivity index (χ1) is 14.1. The summed E-state index contributed by atoms with van der Waals surface area (Å²) in [4.78, 5) is 15.1. The van der Waals surface area contributed by atoms with Gasteiger partial charge in [-0.3, -0.25) is 4.79 Å². The van der Waals surface area contributed by atoms with Gasteiger partial charge in [0.25, 0.3) is 5.91 Å². The van der Waals surface area contributed by atoms with E-state index >= 15 is 0 Å². The van der Waals surface area contributed by atoms with E-state index in [1.54, 1.807) is 26.4 Å². The van der Waals surface area contributed by atoms with Crippen LogP contribution in [-0.4, -0.2) is 82.2 Å². The van der Waals surface area contributed by atoms with Gasteiger partial charge in [0.2, 0.25) is 0 Å².